The Balaban J connectivity index is 0.978. The van der Waals surface area contributed by atoms with Gasteiger partial charge in [-0.25, -0.2) is 8.78 Å². The van der Waals surface area contributed by atoms with E-state index in [1.165, 1.54) is 6.20 Å². The van der Waals surface area contributed by atoms with Crippen LogP contribution >= 0.6 is 0 Å². The van der Waals surface area contributed by atoms with Gasteiger partial charge in [0.25, 0.3) is 18.2 Å². The van der Waals surface area contributed by atoms with Gasteiger partial charge in [0.2, 0.25) is 11.8 Å². The van der Waals surface area contributed by atoms with Crippen molar-refractivity contribution in [3.05, 3.63) is 41.2 Å². The zero-order valence-electron chi connectivity index (χ0n) is 24.0. The van der Waals surface area contributed by atoms with Crippen LogP contribution in [-0.4, -0.2) is 82.0 Å². The summed E-state index contributed by atoms with van der Waals surface area (Å²) in [5, 5.41) is 6.26. The van der Waals surface area contributed by atoms with Gasteiger partial charge >= 0.3 is 0 Å². The highest BCUT2D eigenvalue weighted by molar-refractivity contribution is 6.25. The Bertz CT molecular complexity index is 1410. The van der Waals surface area contributed by atoms with Gasteiger partial charge in [-0.2, -0.15) is 5.10 Å². The number of imide groups is 2. The number of fused-ring (bicyclic) bond motifs is 1. The van der Waals surface area contributed by atoms with E-state index >= 15 is 0 Å². The van der Waals surface area contributed by atoms with Crippen LogP contribution in [0.4, 0.5) is 20.2 Å². The van der Waals surface area contributed by atoms with Crippen LogP contribution in [0.3, 0.4) is 0 Å². The quantitative estimate of drug-likeness (QED) is 0.444. The smallest absolute Gasteiger partial charge is 0.284 e. The second-order valence-corrected chi connectivity index (χ2v) is 12.0. The number of hydrogen-bond acceptors (Lipinski definition) is 8. The van der Waals surface area contributed by atoms with Gasteiger partial charge in [-0.3, -0.25) is 34.1 Å². The third kappa shape index (κ3) is 5.74. The summed E-state index contributed by atoms with van der Waals surface area (Å²) in [5.74, 6) is -1.38. The standard InChI is InChI=1S/C30H37F2N7O4/c31-27(32)26-21(33)17-38(35-26)19-10-13-36(14-11-19)12-2-3-18-8-15-37(16-9-18)22-5-1-4-20-25(22)30(43)39(29(20)42)23-6-7-24(40)34-28(23)41/h1,4-5,17-19,23,27H,2-3,6-16,33H2,(H,34,40,41). The molecule has 0 radical (unpaired) electrons. The zero-order valence-corrected chi connectivity index (χ0v) is 24.0. The summed E-state index contributed by atoms with van der Waals surface area (Å²) in [7, 11) is 0. The van der Waals surface area contributed by atoms with Crippen LogP contribution in [0.25, 0.3) is 0 Å². The molecule has 43 heavy (non-hydrogen) atoms. The van der Waals surface area contributed by atoms with E-state index in [4.69, 9.17) is 5.73 Å². The third-order valence-electron chi connectivity index (χ3n) is 9.42. The van der Waals surface area contributed by atoms with Gasteiger partial charge in [-0.1, -0.05) is 6.07 Å². The maximum Gasteiger partial charge on any atom is 0.284 e. The molecular formula is C30H37F2N7O4. The van der Waals surface area contributed by atoms with Crippen molar-refractivity contribution >= 4 is 35.0 Å². The van der Waals surface area contributed by atoms with Crippen LogP contribution in [0.2, 0.25) is 0 Å². The molecule has 5 heterocycles. The van der Waals surface area contributed by atoms with Crippen molar-refractivity contribution in [2.45, 2.75) is 69.9 Å². The molecule has 0 bridgehead atoms. The highest BCUT2D eigenvalue weighted by Crippen LogP contribution is 2.36. The minimum atomic E-state index is -2.66. The van der Waals surface area contributed by atoms with Crippen molar-refractivity contribution in [3.63, 3.8) is 0 Å². The van der Waals surface area contributed by atoms with Crippen LogP contribution in [-0.2, 0) is 9.59 Å². The van der Waals surface area contributed by atoms with E-state index in [0.717, 1.165) is 81.8 Å². The highest BCUT2D eigenvalue weighted by Gasteiger charge is 2.46. The third-order valence-corrected chi connectivity index (χ3v) is 9.42. The van der Waals surface area contributed by atoms with E-state index in [0.29, 0.717) is 17.0 Å². The lowest BCUT2D eigenvalue weighted by Gasteiger charge is -2.35. The molecule has 4 amide bonds. The fourth-order valence-corrected chi connectivity index (χ4v) is 7.01. The van der Waals surface area contributed by atoms with Gasteiger partial charge in [0.15, 0.2) is 5.69 Å². The Kier molecular flexibility index (Phi) is 8.17. The van der Waals surface area contributed by atoms with Crippen molar-refractivity contribution in [2.24, 2.45) is 5.92 Å². The summed E-state index contributed by atoms with van der Waals surface area (Å²) >= 11 is 0. The van der Waals surface area contributed by atoms with E-state index in [1.54, 1.807) is 16.8 Å². The Labute approximate surface area is 248 Å². The van der Waals surface area contributed by atoms with Gasteiger partial charge < -0.3 is 15.5 Å². The molecule has 0 aliphatic carbocycles. The van der Waals surface area contributed by atoms with Gasteiger partial charge in [0.05, 0.1) is 28.5 Å². The van der Waals surface area contributed by atoms with Crippen molar-refractivity contribution in [1.29, 1.82) is 0 Å². The number of carbonyl (C=O) groups excluding carboxylic acids is 4. The number of anilines is 2. The number of nitrogens with two attached hydrogens (primary N) is 1. The molecule has 2 aromatic rings. The molecule has 13 heteroatoms. The molecule has 1 atom stereocenters. The number of benzene rings is 1. The fraction of sp³-hybridized carbons (Fsp3) is 0.567. The molecule has 230 valence electrons. The average Bonchev–Trinajstić information content (AvgIpc) is 3.51. The first kappa shape index (κ1) is 29.2. The molecule has 3 N–H and O–H groups in total. The van der Waals surface area contributed by atoms with Crippen molar-refractivity contribution in [1.82, 2.24) is 24.9 Å². The number of hydrogen-bond donors (Lipinski definition) is 2. The Hall–Kier alpha value is -3.87. The topological polar surface area (TPSA) is 134 Å². The monoisotopic (exact) mass is 597 g/mol. The zero-order chi connectivity index (χ0) is 30.2. The second kappa shape index (κ2) is 12.0. The van der Waals surface area contributed by atoms with E-state index in [-0.39, 0.29) is 30.3 Å². The summed E-state index contributed by atoms with van der Waals surface area (Å²) in [6, 6.07) is 4.39. The van der Waals surface area contributed by atoms with Crippen LogP contribution < -0.4 is 16.0 Å². The van der Waals surface area contributed by atoms with Crippen molar-refractivity contribution < 1.29 is 28.0 Å². The van der Waals surface area contributed by atoms with Gasteiger partial charge in [-0.05, 0) is 69.5 Å². The number of rotatable bonds is 8. The van der Waals surface area contributed by atoms with E-state index in [9.17, 15) is 28.0 Å². The van der Waals surface area contributed by atoms with Crippen LogP contribution in [0, 0.1) is 5.92 Å². The highest BCUT2D eigenvalue weighted by atomic mass is 19.3. The number of nitrogens with one attached hydrogen (secondary N) is 1. The summed E-state index contributed by atoms with van der Waals surface area (Å²) in [6.45, 7) is 4.35. The van der Waals surface area contributed by atoms with Gasteiger partial charge in [-0.15, -0.1) is 0 Å². The Morgan fingerprint density at radius 3 is 2.40 bits per heavy atom. The summed E-state index contributed by atoms with van der Waals surface area (Å²) in [4.78, 5) is 56.3. The molecule has 3 saturated heterocycles. The summed E-state index contributed by atoms with van der Waals surface area (Å²) in [6.07, 6.45) is 4.95. The van der Waals surface area contributed by atoms with E-state index < -0.39 is 36.1 Å². The van der Waals surface area contributed by atoms with Crippen molar-refractivity contribution in [3.8, 4) is 0 Å². The molecule has 6 rings (SSSR count). The lowest BCUT2D eigenvalue weighted by atomic mass is 9.91. The largest absolute Gasteiger partial charge is 0.396 e. The predicted molar refractivity (Wildman–Crippen MR) is 154 cm³/mol. The number of halogens is 2. The molecule has 1 aromatic carbocycles. The molecule has 0 spiro atoms. The first-order valence-electron chi connectivity index (χ1n) is 15.2. The number of aromatic nitrogens is 2. The van der Waals surface area contributed by atoms with E-state index in [1.807, 2.05) is 6.07 Å². The number of nitrogen functional groups attached to an aromatic ring is 1. The number of likely N-dealkylation sites (tertiary alicyclic amines) is 1. The molecule has 1 unspecified atom stereocenters. The molecule has 4 aliphatic rings. The lowest BCUT2D eigenvalue weighted by molar-refractivity contribution is -0.136. The maximum absolute atomic E-state index is 13.5. The van der Waals surface area contributed by atoms with Crippen LogP contribution in [0.5, 0.6) is 0 Å². The van der Waals surface area contributed by atoms with E-state index in [2.05, 4.69) is 20.2 Å². The molecule has 1 aromatic heterocycles. The van der Waals surface area contributed by atoms with Gasteiger partial charge in [0.1, 0.15) is 6.04 Å². The Morgan fingerprint density at radius 2 is 1.72 bits per heavy atom. The van der Waals surface area contributed by atoms with Gasteiger partial charge in [0, 0.05) is 38.8 Å². The second-order valence-electron chi connectivity index (χ2n) is 12.0. The Morgan fingerprint density at radius 1 is 0.977 bits per heavy atom. The fourth-order valence-electron chi connectivity index (χ4n) is 7.01. The van der Waals surface area contributed by atoms with Crippen molar-refractivity contribution in [2.75, 3.05) is 43.4 Å². The average molecular weight is 598 g/mol. The number of alkyl halides is 2. The summed E-state index contributed by atoms with van der Waals surface area (Å²) in [5.41, 5.74) is 6.81. The molecule has 3 fully saturated rings. The number of amides is 4. The minimum Gasteiger partial charge on any atom is -0.396 e. The first-order chi connectivity index (χ1) is 20.7. The predicted octanol–water partition coefficient (Wildman–Crippen LogP) is 3.14. The minimum absolute atomic E-state index is 0.0504. The van der Waals surface area contributed by atoms with Crippen LogP contribution in [0.1, 0.15) is 90.2 Å². The number of piperidine rings is 3. The molecule has 4 aliphatic heterocycles. The first-order valence-corrected chi connectivity index (χ1v) is 15.2. The number of carbonyl (C=O) groups is 4. The lowest BCUT2D eigenvalue weighted by Crippen LogP contribution is -2.54. The normalized spacial score (nSPS) is 22.5. The molecular weight excluding hydrogens is 560 g/mol. The van der Waals surface area contributed by atoms with Crippen LogP contribution in [0.15, 0.2) is 24.4 Å². The number of nitrogens with zero attached hydrogens (tertiary/aromatic N) is 5. The maximum atomic E-state index is 13.5. The molecule has 11 nitrogen and oxygen atoms in total. The SMILES string of the molecule is Nc1cn(C2CCN(CCCC3CCN(c4cccc5c4C(=O)N(C4CCC(=O)NC4=O)C5=O)CC3)CC2)nc1C(F)F. The molecule has 0 saturated carbocycles. The summed E-state index contributed by atoms with van der Waals surface area (Å²) < 4.78 is 27.7.